The summed E-state index contributed by atoms with van der Waals surface area (Å²) < 4.78 is 6.48. The van der Waals surface area contributed by atoms with Crippen LogP contribution in [-0.2, 0) is 0 Å². The lowest BCUT2D eigenvalue weighted by atomic mass is 10.2. The molecule has 1 fully saturated rings. The molecule has 0 spiro atoms. The van der Waals surface area contributed by atoms with Crippen LogP contribution in [0.15, 0.2) is 22.7 Å². The van der Waals surface area contributed by atoms with Gasteiger partial charge >= 0.3 is 0 Å². The highest BCUT2D eigenvalue weighted by atomic mass is 32.2. The molecular weight excluding hydrogens is 304 g/mol. The molecule has 1 aliphatic rings. The highest BCUT2D eigenvalue weighted by Gasteiger charge is 2.22. The largest absolute Gasteiger partial charge is 0.375 e. The summed E-state index contributed by atoms with van der Waals surface area (Å²) in [4.78, 5) is 8.83. The Bertz CT molecular complexity index is 776. The number of nitrogens with zero attached hydrogens (tertiary/aromatic N) is 3. The Hall–Kier alpha value is -1.60. The summed E-state index contributed by atoms with van der Waals surface area (Å²) in [5, 5.41) is 5.11. The van der Waals surface area contributed by atoms with Gasteiger partial charge < -0.3 is 10.3 Å². The maximum atomic E-state index is 5.73. The van der Waals surface area contributed by atoms with Crippen molar-refractivity contribution in [2.45, 2.75) is 24.5 Å². The van der Waals surface area contributed by atoms with Crippen LogP contribution in [0.25, 0.3) is 21.7 Å². The fourth-order valence-electron chi connectivity index (χ4n) is 2.50. The van der Waals surface area contributed by atoms with Gasteiger partial charge in [0.15, 0.2) is 11.0 Å². The zero-order valence-electron chi connectivity index (χ0n) is 11.3. The van der Waals surface area contributed by atoms with Gasteiger partial charge in [0.1, 0.15) is 0 Å². The highest BCUT2D eigenvalue weighted by Crippen LogP contribution is 2.37. The fourth-order valence-corrected chi connectivity index (χ4v) is 4.51. The standard InChI is InChI=1S/C14H14N4OS2/c15-14-16-9-5-4-8(7-11(9)21-14)13-17-12(18-19-13)10-3-1-2-6-20-10/h4-5,7,10H,1-3,6H2,(H2,15,16). The Labute approximate surface area is 129 Å². The molecule has 3 heterocycles. The summed E-state index contributed by atoms with van der Waals surface area (Å²) >= 11 is 3.39. The molecule has 1 saturated heterocycles. The molecule has 1 atom stereocenters. The highest BCUT2D eigenvalue weighted by molar-refractivity contribution is 7.99. The van der Waals surface area contributed by atoms with Crippen LogP contribution in [0.1, 0.15) is 30.3 Å². The molecule has 1 aromatic carbocycles. The van der Waals surface area contributed by atoms with Crippen molar-refractivity contribution in [1.82, 2.24) is 15.1 Å². The Morgan fingerprint density at radius 2 is 2.19 bits per heavy atom. The van der Waals surface area contributed by atoms with Crippen molar-refractivity contribution >= 4 is 38.4 Å². The van der Waals surface area contributed by atoms with E-state index in [4.69, 9.17) is 10.3 Å². The summed E-state index contributed by atoms with van der Waals surface area (Å²) in [6.45, 7) is 0. The second-order valence-electron chi connectivity index (χ2n) is 5.05. The Morgan fingerprint density at radius 3 is 3.05 bits per heavy atom. The first kappa shape index (κ1) is 13.1. The van der Waals surface area contributed by atoms with Gasteiger partial charge in [-0.1, -0.05) is 22.9 Å². The van der Waals surface area contributed by atoms with Gasteiger partial charge in [0.2, 0.25) is 0 Å². The lowest BCUT2D eigenvalue weighted by Gasteiger charge is -2.17. The Morgan fingerprint density at radius 1 is 1.24 bits per heavy atom. The molecule has 7 heteroatoms. The molecule has 4 rings (SSSR count). The van der Waals surface area contributed by atoms with Crippen LogP contribution in [-0.4, -0.2) is 20.9 Å². The minimum atomic E-state index is 0.374. The van der Waals surface area contributed by atoms with Gasteiger partial charge in [-0.2, -0.15) is 16.7 Å². The lowest BCUT2D eigenvalue weighted by molar-refractivity contribution is 0.420. The summed E-state index contributed by atoms with van der Waals surface area (Å²) in [6.07, 6.45) is 3.66. The summed E-state index contributed by atoms with van der Waals surface area (Å²) in [6, 6.07) is 5.90. The first-order chi connectivity index (χ1) is 10.3. The number of aromatic nitrogens is 3. The van der Waals surface area contributed by atoms with Crippen molar-refractivity contribution in [3.05, 3.63) is 24.0 Å². The van der Waals surface area contributed by atoms with Crippen LogP contribution in [0.3, 0.4) is 0 Å². The molecule has 0 amide bonds. The molecular formula is C14H14N4OS2. The summed E-state index contributed by atoms with van der Waals surface area (Å²) in [7, 11) is 0. The molecule has 2 N–H and O–H groups in total. The maximum absolute atomic E-state index is 5.73. The van der Waals surface area contributed by atoms with Crippen molar-refractivity contribution < 1.29 is 4.52 Å². The lowest BCUT2D eigenvalue weighted by Crippen LogP contribution is -2.03. The fraction of sp³-hybridized carbons (Fsp3) is 0.357. The summed E-state index contributed by atoms with van der Waals surface area (Å²) in [5.41, 5.74) is 7.56. The van der Waals surface area contributed by atoms with Crippen molar-refractivity contribution in [2.75, 3.05) is 11.5 Å². The predicted octanol–water partition coefficient (Wildman–Crippen LogP) is 3.89. The van der Waals surface area contributed by atoms with Crippen LogP contribution in [0.2, 0.25) is 0 Å². The first-order valence-corrected chi connectivity index (χ1v) is 8.78. The van der Waals surface area contributed by atoms with Gasteiger partial charge in [0.25, 0.3) is 5.89 Å². The van der Waals surface area contributed by atoms with Gasteiger partial charge in [-0.3, -0.25) is 0 Å². The molecule has 0 saturated carbocycles. The number of thioether (sulfide) groups is 1. The SMILES string of the molecule is Nc1nc2ccc(-c3nc(C4CCCCS4)no3)cc2s1. The van der Waals surface area contributed by atoms with E-state index in [0.29, 0.717) is 16.3 Å². The van der Waals surface area contributed by atoms with E-state index in [2.05, 4.69) is 15.1 Å². The van der Waals surface area contributed by atoms with Crippen LogP contribution in [0.4, 0.5) is 5.13 Å². The second kappa shape index (κ2) is 5.31. The van der Waals surface area contributed by atoms with E-state index in [1.165, 1.54) is 29.9 Å². The molecule has 2 aromatic heterocycles. The van der Waals surface area contributed by atoms with E-state index in [9.17, 15) is 0 Å². The number of hydrogen-bond acceptors (Lipinski definition) is 7. The minimum Gasteiger partial charge on any atom is -0.375 e. The van der Waals surface area contributed by atoms with Crippen molar-refractivity contribution in [2.24, 2.45) is 0 Å². The van der Waals surface area contributed by atoms with Gasteiger partial charge in [-0.25, -0.2) is 4.98 Å². The quantitative estimate of drug-likeness (QED) is 0.772. The van der Waals surface area contributed by atoms with E-state index >= 15 is 0 Å². The van der Waals surface area contributed by atoms with E-state index < -0.39 is 0 Å². The van der Waals surface area contributed by atoms with Gasteiger partial charge in [0, 0.05) is 5.56 Å². The van der Waals surface area contributed by atoms with E-state index in [-0.39, 0.29) is 0 Å². The number of rotatable bonds is 2. The second-order valence-corrected chi connectivity index (χ2v) is 7.42. The van der Waals surface area contributed by atoms with Crippen LogP contribution in [0.5, 0.6) is 0 Å². The normalized spacial score (nSPS) is 19.1. The summed E-state index contributed by atoms with van der Waals surface area (Å²) in [5.74, 6) is 2.57. The van der Waals surface area contributed by atoms with Crippen LogP contribution < -0.4 is 5.73 Å². The molecule has 1 aliphatic heterocycles. The molecule has 3 aromatic rings. The predicted molar refractivity (Wildman–Crippen MR) is 86.4 cm³/mol. The average Bonchev–Trinajstić information content (AvgIpc) is 3.12. The molecule has 21 heavy (non-hydrogen) atoms. The number of thiazole rings is 1. The maximum Gasteiger partial charge on any atom is 0.258 e. The van der Waals surface area contributed by atoms with Gasteiger partial charge in [-0.15, -0.1) is 0 Å². The van der Waals surface area contributed by atoms with E-state index in [1.54, 1.807) is 0 Å². The number of anilines is 1. The number of fused-ring (bicyclic) bond motifs is 1. The zero-order valence-corrected chi connectivity index (χ0v) is 12.9. The third kappa shape index (κ3) is 2.51. The molecule has 0 bridgehead atoms. The monoisotopic (exact) mass is 318 g/mol. The number of benzene rings is 1. The molecule has 5 nitrogen and oxygen atoms in total. The third-order valence-corrected chi connectivity index (χ3v) is 5.78. The molecule has 0 radical (unpaired) electrons. The molecule has 108 valence electrons. The van der Waals surface area contributed by atoms with Crippen molar-refractivity contribution in [3.8, 4) is 11.5 Å². The minimum absolute atomic E-state index is 0.374. The van der Waals surface area contributed by atoms with Crippen LogP contribution in [0, 0.1) is 0 Å². The number of hydrogen-bond donors (Lipinski definition) is 1. The van der Waals surface area contributed by atoms with Gasteiger partial charge in [0.05, 0.1) is 15.5 Å². The first-order valence-electron chi connectivity index (χ1n) is 6.91. The van der Waals surface area contributed by atoms with Gasteiger partial charge in [-0.05, 0) is 36.8 Å². The van der Waals surface area contributed by atoms with Crippen molar-refractivity contribution in [1.29, 1.82) is 0 Å². The Balaban J connectivity index is 1.66. The smallest absolute Gasteiger partial charge is 0.258 e. The van der Waals surface area contributed by atoms with E-state index in [1.807, 2.05) is 30.0 Å². The molecule has 1 unspecified atom stereocenters. The number of nitrogens with two attached hydrogens (primary N) is 1. The topological polar surface area (TPSA) is 77.8 Å². The molecule has 0 aliphatic carbocycles. The third-order valence-electron chi connectivity index (χ3n) is 3.56. The average molecular weight is 318 g/mol. The van der Waals surface area contributed by atoms with E-state index in [0.717, 1.165) is 28.0 Å². The number of nitrogen functional groups attached to an aromatic ring is 1. The Kier molecular flexibility index (Phi) is 3.31. The van der Waals surface area contributed by atoms with Crippen molar-refractivity contribution in [3.63, 3.8) is 0 Å². The zero-order chi connectivity index (χ0) is 14.2. The van der Waals surface area contributed by atoms with Crippen LogP contribution >= 0.6 is 23.1 Å².